The Balaban J connectivity index is 1.67. The molecule has 5 atom stereocenters. The number of hydrogen-bond acceptors (Lipinski definition) is 8. The summed E-state index contributed by atoms with van der Waals surface area (Å²) in [5.74, 6) is -1.97. The van der Waals surface area contributed by atoms with Gasteiger partial charge in [0.1, 0.15) is 11.6 Å². The van der Waals surface area contributed by atoms with Gasteiger partial charge in [0.25, 0.3) is 0 Å². The summed E-state index contributed by atoms with van der Waals surface area (Å²) >= 11 is 0. The number of imide groups is 1. The van der Waals surface area contributed by atoms with E-state index in [-0.39, 0.29) is 31.1 Å². The number of H-pyrrole nitrogens is 1. The van der Waals surface area contributed by atoms with Crippen molar-refractivity contribution in [1.82, 2.24) is 25.5 Å². The van der Waals surface area contributed by atoms with Gasteiger partial charge in [-0.1, -0.05) is 92.8 Å². The van der Waals surface area contributed by atoms with E-state index < -0.39 is 53.7 Å². The van der Waals surface area contributed by atoms with Crippen LogP contribution in [0.25, 0.3) is 0 Å². The number of rotatable bonds is 16. The molecule has 1 saturated carbocycles. The SMILES string of the molecule is CNC(=O)[C@H](Cc1ccccc1)C[C@H](O)[C@H](CC1CCCCC1)NC(=O)[C@H](Cc1c[nH]cn1)N(C(=O)OC(C)(C)C)C(=O)[C@@H](N)Cc1ccccc1. The van der Waals surface area contributed by atoms with Gasteiger partial charge in [0.05, 0.1) is 30.2 Å². The summed E-state index contributed by atoms with van der Waals surface area (Å²) in [7, 11) is 1.57. The van der Waals surface area contributed by atoms with Crippen molar-refractivity contribution in [3.8, 4) is 0 Å². The number of nitrogens with zero attached hydrogens (tertiary/aromatic N) is 2. The summed E-state index contributed by atoms with van der Waals surface area (Å²) in [6, 6.07) is 15.4. The standard InChI is InChI=1S/C40H56N6O6/c1-40(2,3)52-39(51)46(38(50)32(41)21-28-16-10-6-11-17-28)34(24-31-25-43-26-44-31)37(49)45-33(22-29-18-12-7-13-19-29)35(47)23-30(36(48)42-4)20-27-14-8-5-9-15-27/h5-6,8-11,14-17,25-26,29-30,32-35,47H,7,12-13,18-24,41H2,1-4H3,(H,42,48)(H,43,44)(H,45,49)/t30-,32+,33+,34+,35+/m1/s1. The van der Waals surface area contributed by atoms with Gasteiger partial charge in [-0.2, -0.15) is 0 Å². The second-order valence-electron chi connectivity index (χ2n) is 14.9. The van der Waals surface area contributed by atoms with Gasteiger partial charge in [0.15, 0.2) is 0 Å². The predicted molar refractivity (Wildman–Crippen MR) is 199 cm³/mol. The summed E-state index contributed by atoms with van der Waals surface area (Å²) in [4.78, 5) is 63.8. The highest BCUT2D eigenvalue weighted by molar-refractivity contribution is 6.00. The lowest BCUT2D eigenvalue weighted by Gasteiger charge is -2.35. The van der Waals surface area contributed by atoms with Crippen molar-refractivity contribution >= 4 is 23.8 Å². The average Bonchev–Trinajstić information content (AvgIpc) is 3.64. The molecular weight excluding hydrogens is 660 g/mol. The number of benzene rings is 2. The normalized spacial score (nSPS) is 16.5. The molecule has 4 amide bonds. The van der Waals surface area contributed by atoms with E-state index >= 15 is 0 Å². The second-order valence-corrected chi connectivity index (χ2v) is 14.9. The van der Waals surface area contributed by atoms with Crippen molar-refractivity contribution in [3.05, 3.63) is 90.0 Å². The van der Waals surface area contributed by atoms with E-state index in [9.17, 15) is 24.3 Å². The van der Waals surface area contributed by atoms with E-state index in [1.165, 1.54) is 6.33 Å². The lowest BCUT2D eigenvalue weighted by Crippen LogP contribution is -2.60. The summed E-state index contributed by atoms with van der Waals surface area (Å²) in [6.45, 7) is 5.03. The maximum absolute atomic E-state index is 14.6. The van der Waals surface area contributed by atoms with Gasteiger partial charge >= 0.3 is 6.09 Å². The van der Waals surface area contributed by atoms with Crippen LogP contribution in [0.15, 0.2) is 73.2 Å². The first-order valence-electron chi connectivity index (χ1n) is 18.4. The topological polar surface area (TPSA) is 180 Å². The van der Waals surface area contributed by atoms with Crippen LogP contribution in [0.5, 0.6) is 0 Å². The fourth-order valence-corrected chi connectivity index (χ4v) is 6.93. The molecule has 1 aliphatic rings. The van der Waals surface area contributed by atoms with Crippen molar-refractivity contribution in [2.24, 2.45) is 17.6 Å². The Morgan fingerprint density at radius 2 is 1.56 bits per heavy atom. The summed E-state index contributed by atoms with van der Waals surface area (Å²) in [5, 5.41) is 17.6. The number of aliphatic hydroxyl groups excluding tert-OH is 1. The molecule has 4 rings (SSSR count). The molecule has 1 fully saturated rings. The van der Waals surface area contributed by atoms with Crippen molar-refractivity contribution in [3.63, 3.8) is 0 Å². The van der Waals surface area contributed by atoms with Crippen LogP contribution in [0, 0.1) is 11.8 Å². The van der Waals surface area contributed by atoms with Crippen LogP contribution in [0.3, 0.4) is 0 Å². The number of hydrogen-bond donors (Lipinski definition) is 5. The molecule has 0 aliphatic heterocycles. The van der Waals surface area contributed by atoms with E-state index in [4.69, 9.17) is 10.5 Å². The molecule has 0 bridgehead atoms. The Morgan fingerprint density at radius 1 is 0.942 bits per heavy atom. The van der Waals surface area contributed by atoms with Gasteiger partial charge in [-0.25, -0.2) is 14.7 Å². The smallest absolute Gasteiger partial charge is 0.417 e. The van der Waals surface area contributed by atoms with Gasteiger partial charge in [0.2, 0.25) is 17.7 Å². The van der Waals surface area contributed by atoms with Gasteiger partial charge in [-0.05, 0) is 63.5 Å². The van der Waals surface area contributed by atoms with E-state index in [2.05, 4.69) is 20.6 Å². The number of amides is 4. The van der Waals surface area contributed by atoms with Crippen LogP contribution in [0.2, 0.25) is 0 Å². The molecule has 282 valence electrons. The maximum Gasteiger partial charge on any atom is 0.417 e. The van der Waals surface area contributed by atoms with Crippen molar-refractivity contribution in [1.29, 1.82) is 0 Å². The maximum atomic E-state index is 14.6. The lowest BCUT2D eigenvalue weighted by atomic mass is 9.81. The van der Waals surface area contributed by atoms with Crippen LogP contribution in [-0.2, 0) is 38.4 Å². The molecule has 52 heavy (non-hydrogen) atoms. The predicted octanol–water partition coefficient (Wildman–Crippen LogP) is 4.47. The quantitative estimate of drug-likeness (QED) is 0.144. The molecule has 0 radical (unpaired) electrons. The van der Waals surface area contributed by atoms with E-state index in [1.807, 2.05) is 60.7 Å². The zero-order valence-electron chi connectivity index (χ0n) is 30.9. The highest BCUT2D eigenvalue weighted by Gasteiger charge is 2.42. The van der Waals surface area contributed by atoms with E-state index in [1.54, 1.807) is 34.0 Å². The Labute approximate surface area is 307 Å². The molecule has 2 aromatic carbocycles. The number of carbonyl (C=O) groups is 4. The minimum atomic E-state index is -1.41. The number of nitrogens with one attached hydrogen (secondary N) is 3. The molecule has 12 nitrogen and oxygen atoms in total. The zero-order valence-corrected chi connectivity index (χ0v) is 30.9. The molecule has 0 spiro atoms. The molecule has 6 N–H and O–H groups in total. The Morgan fingerprint density at radius 3 is 2.12 bits per heavy atom. The first-order valence-corrected chi connectivity index (χ1v) is 18.4. The fourth-order valence-electron chi connectivity index (χ4n) is 6.93. The number of nitrogens with two attached hydrogens (primary N) is 1. The summed E-state index contributed by atoms with van der Waals surface area (Å²) in [6.07, 6.45) is 7.05. The number of imidazole rings is 1. The monoisotopic (exact) mass is 716 g/mol. The molecule has 1 aliphatic carbocycles. The second kappa shape index (κ2) is 19.3. The number of aromatic amines is 1. The average molecular weight is 717 g/mol. The molecule has 0 unspecified atom stereocenters. The lowest BCUT2D eigenvalue weighted by molar-refractivity contribution is -0.141. The van der Waals surface area contributed by atoms with Crippen molar-refractivity contribution in [2.45, 2.75) is 115 Å². The molecule has 1 aromatic heterocycles. The minimum Gasteiger partial charge on any atom is -0.443 e. The van der Waals surface area contributed by atoms with E-state index in [0.29, 0.717) is 18.5 Å². The molecule has 1 heterocycles. The Hall–Kier alpha value is -4.55. The third-order valence-electron chi connectivity index (χ3n) is 9.59. The summed E-state index contributed by atoms with van der Waals surface area (Å²) in [5.41, 5.74) is 7.66. The van der Waals surface area contributed by atoms with Crippen LogP contribution in [0.4, 0.5) is 4.79 Å². The number of aliphatic hydroxyl groups is 1. The van der Waals surface area contributed by atoms with Gasteiger partial charge in [0, 0.05) is 25.6 Å². The van der Waals surface area contributed by atoms with Gasteiger partial charge in [-0.15, -0.1) is 0 Å². The largest absolute Gasteiger partial charge is 0.443 e. The van der Waals surface area contributed by atoms with Crippen LogP contribution >= 0.6 is 0 Å². The zero-order chi connectivity index (χ0) is 37.7. The fraction of sp³-hybridized carbons (Fsp3) is 0.525. The first-order chi connectivity index (χ1) is 24.8. The van der Waals surface area contributed by atoms with Crippen LogP contribution in [0.1, 0.15) is 82.5 Å². The van der Waals surface area contributed by atoms with Crippen molar-refractivity contribution in [2.75, 3.05) is 7.05 Å². The summed E-state index contributed by atoms with van der Waals surface area (Å²) < 4.78 is 5.70. The Bertz CT molecular complexity index is 1560. The minimum absolute atomic E-state index is 0.0902. The molecular formula is C40H56N6O6. The van der Waals surface area contributed by atoms with Gasteiger partial charge in [-0.3, -0.25) is 14.4 Å². The third kappa shape index (κ3) is 12.3. The first kappa shape index (κ1) is 40.2. The highest BCUT2D eigenvalue weighted by atomic mass is 16.6. The van der Waals surface area contributed by atoms with Crippen LogP contribution in [-0.4, -0.2) is 80.7 Å². The highest BCUT2D eigenvalue weighted by Crippen LogP contribution is 2.30. The molecule has 3 aromatic rings. The molecule has 12 heteroatoms. The van der Waals surface area contributed by atoms with Gasteiger partial charge < -0.3 is 31.2 Å². The number of ether oxygens (including phenoxy) is 1. The Kier molecular flexibility index (Phi) is 15.0. The number of carbonyl (C=O) groups excluding carboxylic acids is 4. The molecule has 0 saturated heterocycles. The van der Waals surface area contributed by atoms with Crippen LogP contribution < -0.4 is 16.4 Å². The van der Waals surface area contributed by atoms with Crippen molar-refractivity contribution < 1.29 is 29.0 Å². The third-order valence-corrected chi connectivity index (χ3v) is 9.59. The van der Waals surface area contributed by atoms with E-state index in [0.717, 1.165) is 48.1 Å². The number of aromatic nitrogens is 2.